The lowest BCUT2D eigenvalue weighted by Gasteiger charge is -2.08. The molecule has 0 atom stereocenters. The summed E-state index contributed by atoms with van der Waals surface area (Å²) in [5.41, 5.74) is 5.21. The van der Waals surface area contributed by atoms with Gasteiger partial charge < -0.3 is 14.2 Å². The zero-order valence-electron chi connectivity index (χ0n) is 20.5. The van der Waals surface area contributed by atoms with Crippen LogP contribution in [0.5, 0.6) is 17.2 Å². The maximum absolute atomic E-state index is 12.2. The van der Waals surface area contributed by atoms with Crippen LogP contribution >= 0.6 is 0 Å². The summed E-state index contributed by atoms with van der Waals surface area (Å²) in [6, 6.07) is 22.1. The van der Waals surface area contributed by atoms with Crippen molar-refractivity contribution in [1.29, 1.82) is 0 Å². The molecule has 7 nitrogen and oxygen atoms in total. The molecule has 1 amide bonds. The number of amides is 1. The molecule has 0 radical (unpaired) electrons. The van der Waals surface area contributed by atoms with Crippen LogP contribution in [0.25, 0.3) is 6.08 Å². The molecule has 0 saturated heterocycles. The number of nitrogens with one attached hydrogen (secondary N) is 1. The Hall–Kier alpha value is -4.39. The number of ether oxygens (including phenoxy) is 3. The normalized spacial score (nSPS) is 10.9. The summed E-state index contributed by atoms with van der Waals surface area (Å²) in [7, 11) is 1.48. The summed E-state index contributed by atoms with van der Waals surface area (Å²) < 4.78 is 16.2. The van der Waals surface area contributed by atoms with E-state index in [1.165, 1.54) is 25.0 Å². The standard InChI is InChI=1S/C29H30N2O5/c1-3-4-8-23-11-15-25(16-12-23)35-21-28(32)31-30-20-24-13-17-26(27(19-24)34-2)36-29(33)18-14-22-9-6-5-7-10-22/h5-7,9-20H,3-4,8,21H2,1-2H3,(H,31,32). The van der Waals surface area contributed by atoms with Crippen LogP contribution in [0, 0.1) is 0 Å². The number of unbranched alkanes of at least 4 members (excludes halogenated alkanes) is 1. The molecule has 3 aromatic carbocycles. The molecule has 0 saturated carbocycles. The fourth-order valence-corrected chi connectivity index (χ4v) is 3.21. The molecule has 186 valence electrons. The number of nitrogens with zero attached hydrogens (tertiary/aromatic N) is 1. The first kappa shape index (κ1) is 26.2. The van der Waals surface area contributed by atoms with Crippen LogP contribution in [-0.2, 0) is 16.0 Å². The molecular weight excluding hydrogens is 456 g/mol. The Labute approximate surface area is 211 Å². The number of aryl methyl sites for hydroxylation is 1. The second kappa shape index (κ2) is 14.1. The molecule has 3 aromatic rings. The summed E-state index contributed by atoms with van der Waals surface area (Å²) in [5, 5.41) is 3.95. The topological polar surface area (TPSA) is 86.2 Å². The molecule has 0 unspecified atom stereocenters. The van der Waals surface area contributed by atoms with Gasteiger partial charge in [0.15, 0.2) is 18.1 Å². The molecule has 0 heterocycles. The predicted molar refractivity (Wildman–Crippen MR) is 140 cm³/mol. The van der Waals surface area contributed by atoms with E-state index in [1.807, 2.05) is 54.6 Å². The Morgan fingerprint density at radius 1 is 0.944 bits per heavy atom. The fourth-order valence-electron chi connectivity index (χ4n) is 3.21. The highest BCUT2D eigenvalue weighted by atomic mass is 16.6. The van der Waals surface area contributed by atoms with Crippen LogP contribution in [0.3, 0.4) is 0 Å². The predicted octanol–water partition coefficient (Wildman–Crippen LogP) is 5.19. The Kier molecular flexibility index (Phi) is 10.3. The van der Waals surface area contributed by atoms with E-state index in [0.29, 0.717) is 17.1 Å². The van der Waals surface area contributed by atoms with Crippen LogP contribution in [0.1, 0.15) is 36.5 Å². The van der Waals surface area contributed by atoms with Gasteiger partial charge in [-0.2, -0.15) is 5.10 Å². The zero-order valence-corrected chi connectivity index (χ0v) is 20.5. The lowest BCUT2D eigenvalue weighted by Crippen LogP contribution is -2.24. The van der Waals surface area contributed by atoms with Gasteiger partial charge in [0.1, 0.15) is 5.75 Å². The van der Waals surface area contributed by atoms with Crippen molar-refractivity contribution in [1.82, 2.24) is 5.43 Å². The number of esters is 1. The number of hydrogen-bond acceptors (Lipinski definition) is 6. The van der Waals surface area contributed by atoms with Crippen LogP contribution in [0.2, 0.25) is 0 Å². The van der Waals surface area contributed by atoms with Crippen molar-refractivity contribution in [3.05, 3.63) is 95.6 Å². The van der Waals surface area contributed by atoms with Crippen molar-refractivity contribution >= 4 is 24.2 Å². The summed E-state index contributed by atoms with van der Waals surface area (Å²) in [6.07, 6.45) is 7.81. The van der Waals surface area contributed by atoms with E-state index in [0.717, 1.165) is 24.8 Å². The largest absolute Gasteiger partial charge is 0.493 e. The average Bonchev–Trinajstić information content (AvgIpc) is 2.91. The van der Waals surface area contributed by atoms with E-state index in [2.05, 4.69) is 17.5 Å². The minimum Gasteiger partial charge on any atom is -0.493 e. The van der Waals surface area contributed by atoms with Gasteiger partial charge >= 0.3 is 5.97 Å². The summed E-state index contributed by atoms with van der Waals surface area (Å²) in [5.74, 6) is 0.348. The maximum Gasteiger partial charge on any atom is 0.336 e. The van der Waals surface area contributed by atoms with E-state index in [9.17, 15) is 9.59 Å². The number of hydrogen-bond donors (Lipinski definition) is 1. The Balaban J connectivity index is 1.48. The number of carbonyl (C=O) groups excluding carboxylic acids is 2. The van der Waals surface area contributed by atoms with Crippen molar-refractivity contribution in [3.63, 3.8) is 0 Å². The number of benzene rings is 3. The number of rotatable bonds is 12. The van der Waals surface area contributed by atoms with Gasteiger partial charge in [0, 0.05) is 6.08 Å². The van der Waals surface area contributed by atoms with E-state index in [1.54, 1.807) is 24.3 Å². The Morgan fingerprint density at radius 3 is 2.44 bits per heavy atom. The van der Waals surface area contributed by atoms with Gasteiger partial charge in [0.2, 0.25) is 0 Å². The smallest absolute Gasteiger partial charge is 0.336 e. The third-order valence-electron chi connectivity index (χ3n) is 5.12. The summed E-state index contributed by atoms with van der Waals surface area (Å²) in [6.45, 7) is 2.01. The third-order valence-corrected chi connectivity index (χ3v) is 5.12. The van der Waals surface area contributed by atoms with Crippen molar-refractivity contribution in [2.75, 3.05) is 13.7 Å². The van der Waals surface area contributed by atoms with Gasteiger partial charge in [-0.15, -0.1) is 0 Å². The molecule has 1 N–H and O–H groups in total. The third kappa shape index (κ3) is 8.76. The van der Waals surface area contributed by atoms with E-state index >= 15 is 0 Å². The first-order chi connectivity index (χ1) is 17.6. The minimum absolute atomic E-state index is 0.152. The highest BCUT2D eigenvalue weighted by Crippen LogP contribution is 2.27. The number of hydrazone groups is 1. The van der Waals surface area contributed by atoms with Gasteiger partial charge in [-0.3, -0.25) is 4.79 Å². The Bertz CT molecular complexity index is 1190. The van der Waals surface area contributed by atoms with Gasteiger partial charge in [0.05, 0.1) is 13.3 Å². The van der Waals surface area contributed by atoms with Crippen molar-refractivity contribution in [2.24, 2.45) is 5.10 Å². The summed E-state index contributed by atoms with van der Waals surface area (Å²) >= 11 is 0. The fraction of sp³-hybridized carbons (Fsp3) is 0.207. The molecule has 0 aliphatic heterocycles. The first-order valence-electron chi connectivity index (χ1n) is 11.7. The average molecular weight is 487 g/mol. The monoisotopic (exact) mass is 486 g/mol. The Morgan fingerprint density at radius 2 is 1.72 bits per heavy atom. The van der Waals surface area contributed by atoms with Crippen LogP contribution in [0.15, 0.2) is 84.0 Å². The lowest BCUT2D eigenvalue weighted by molar-refractivity contribution is -0.129. The molecule has 0 spiro atoms. The van der Waals surface area contributed by atoms with E-state index < -0.39 is 5.97 Å². The summed E-state index contributed by atoms with van der Waals surface area (Å²) in [4.78, 5) is 24.2. The molecule has 7 heteroatoms. The quantitative estimate of drug-likeness (QED) is 0.125. The molecule has 36 heavy (non-hydrogen) atoms. The number of carbonyl (C=O) groups is 2. The molecule has 3 rings (SSSR count). The van der Waals surface area contributed by atoms with Crippen LogP contribution in [-0.4, -0.2) is 31.8 Å². The first-order valence-corrected chi connectivity index (χ1v) is 11.7. The highest BCUT2D eigenvalue weighted by Gasteiger charge is 2.09. The SMILES string of the molecule is CCCCc1ccc(OCC(=O)NN=Cc2ccc(OC(=O)C=Cc3ccccc3)c(OC)c2)cc1. The van der Waals surface area contributed by atoms with Crippen molar-refractivity contribution < 1.29 is 23.8 Å². The van der Waals surface area contributed by atoms with E-state index in [4.69, 9.17) is 14.2 Å². The van der Waals surface area contributed by atoms with Gasteiger partial charge in [-0.1, -0.05) is 55.8 Å². The molecule has 0 bridgehead atoms. The second-order valence-corrected chi connectivity index (χ2v) is 7.90. The minimum atomic E-state index is -0.526. The molecular formula is C29H30N2O5. The maximum atomic E-state index is 12.2. The zero-order chi connectivity index (χ0) is 25.6. The second-order valence-electron chi connectivity index (χ2n) is 7.90. The van der Waals surface area contributed by atoms with Crippen molar-refractivity contribution in [2.45, 2.75) is 26.2 Å². The van der Waals surface area contributed by atoms with Gasteiger partial charge in [-0.05, 0) is 65.9 Å². The van der Waals surface area contributed by atoms with Gasteiger partial charge in [0.25, 0.3) is 5.91 Å². The molecule has 0 aliphatic rings. The molecule has 0 aliphatic carbocycles. The molecule has 0 aromatic heterocycles. The van der Waals surface area contributed by atoms with Crippen LogP contribution in [0.4, 0.5) is 0 Å². The van der Waals surface area contributed by atoms with Gasteiger partial charge in [-0.25, -0.2) is 10.2 Å². The highest BCUT2D eigenvalue weighted by molar-refractivity contribution is 5.89. The lowest BCUT2D eigenvalue weighted by atomic mass is 10.1. The van der Waals surface area contributed by atoms with E-state index in [-0.39, 0.29) is 18.3 Å². The molecule has 0 fully saturated rings. The number of methoxy groups -OCH3 is 1. The van der Waals surface area contributed by atoms with Crippen molar-refractivity contribution in [3.8, 4) is 17.2 Å². The van der Waals surface area contributed by atoms with Crippen LogP contribution < -0.4 is 19.6 Å².